The predicted octanol–water partition coefficient (Wildman–Crippen LogP) is 4.07. The summed E-state index contributed by atoms with van der Waals surface area (Å²) in [6.45, 7) is 2.09. The van der Waals surface area contributed by atoms with E-state index in [1.54, 1.807) is 13.4 Å². The second-order valence-corrected chi connectivity index (χ2v) is 7.94. The molecule has 2 heterocycles. The molecule has 0 saturated heterocycles. The number of fused-ring (bicyclic) bond motifs is 1. The van der Waals surface area contributed by atoms with Crippen molar-refractivity contribution in [1.29, 1.82) is 0 Å². The lowest BCUT2D eigenvalue weighted by Crippen LogP contribution is -2.43. The van der Waals surface area contributed by atoms with Gasteiger partial charge in [0.15, 0.2) is 0 Å². The fraction of sp³-hybridized carbons (Fsp3) is 0.348. The van der Waals surface area contributed by atoms with Crippen molar-refractivity contribution in [2.75, 3.05) is 12.0 Å². The van der Waals surface area contributed by atoms with Crippen LogP contribution < -0.4 is 9.64 Å². The van der Waals surface area contributed by atoms with Crippen molar-refractivity contribution in [3.8, 4) is 5.75 Å². The SMILES string of the molecule is COc1ccc([C@H]2C[C@@H](c3ccc(C)cc3)n3ncnc3N2C(=O)C2CC2)cc1. The van der Waals surface area contributed by atoms with Crippen LogP contribution in [0.4, 0.5) is 5.95 Å². The number of methoxy groups -OCH3 is 1. The van der Waals surface area contributed by atoms with E-state index < -0.39 is 0 Å². The van der Waals surface area contributed by atoms with Gasteiger partial charge in [0.2, 0.25) is 11.9 Å². The number of benzene rings is 2. The number of rotatable bonds is 4. The largest absolute Gasteiger partial charge is 0.497 e. The monoisotopic (exact) mass is 388 g/mol. The molecule has 5 rings (SSSR count). The van der Waals surface area contributed by atoms with E-state index >= 15 is 0 Å². The van der Waals surface area contributed by atoms with Crippen LogP contribution in [-0.2, 0) is 4.79 Å². The summed E-state index contributed by atoms with van der Waals surface area (Å²) in [5.74, 6) is 1.71. The smallest absolute Gasteiger partial charge is 0.233 e. The summed E-state index contributed by atoms with van der Waals surface area (Å²) in [5.41, 5.74) is 3.49. The Kier molecular flexibility index (Phi) is 4.34. The number of carbonyl (C=O) groups is 1. The van der Waals surface area contributed by atoms with Gasteiger partial charge in [0.05, 0.1) is 19.2 Å². The second-order valence-electron chi connectivity index (χ2n) is 7.94. The molecule has 1 aromatic heterocycles. The average molecular weight is 388 g/mol. The Hall–Kier alpha value is -3.15. The Morgan fingerprint density at radius 3 is 2.31 bits per heavy atom. The van der Waals surface area contributed by atoms with Crippen LogP contribution in [0.25, 0.3) is 0 Å². The van der Waals surface area contributed by atoms with Gasteiger partial charge in [-0.05, 0) is 49.4 Å². The lowest BCUT2D eigenvalue weighted by atomic mass is 9.91. The van der Waals surface area contributed by atoms with Gasteiger partial charge in [0.25, 0.3) is 0 Å². The Morgan fingerprint density at radius 1 is 1.00 bits per heavy atom. The Bertz CT molecular complexity index is 1020. The first kappa shape index (κ1) is 17.9. The number of nitrogens with zero attached hydrogens (tertiary/aromatic N) is 4. The molecule has 0 radical (unpaired) electrons. The van der Waals surface area contributed by atoms with Crippen LogP contribution in [0.3, 0.4) is 0 Å². The molecule has 1 amide bonds. The van der Waals surface area contributed by atoms with E-state index in [1.807, 2.05) is 21.7 Å². The van der Waals surface area contributed by atoms with Crippen molar-refractivity contribution < 1.29 is 9.53 Å². The zero-order chi connectivity index (χ0) is 20.0. The van der Waals surface area contributed by atoms with Crippen LogP contribution in [-0.4, -0.2) is 27.8 Å². The van der Waals surface area contributed by atoms with Gasteiger partial charge in [-0.1, -0.05) is 42.0 Å². The van der Waals surface area contributed by atoms with E-state index in [2.05, 4.69) is 53.4 Å². The molecule has 29 heavy (non-hydrogen) atoms. The molecule has 2 aromatic carbocycles. The van der Waals surface area contributed by atoms with Gasteiger partial charge in [0.1, 0.15) is 12.1 Å². The number of amides is 1. The molecule has 6 heteroatoms. The number of carbonyl (C=O) groups excluding carboxylic acids is 1. The standard InChI is InChI=1S/C23H24N4O2/c1-15-3-5-17(6-4-15)21-13-20(16-9-11-19(29-2)12-10-16)26(22(28)18-7-8-18)23-24-14-25-27(21)23/h3-6,9-12,14,18,20-21H,7-8,13H2,1-2H3/t20-,21+/m1/s1. The number of anilines is 1. The third kappa shape index (κ3) is 3.18. The number of hydrogen-bond acceptors (Lipinski definition) is 4. The van der Waals surface area contributed by atoms with E-state index in [4.69, 9.17) is 4.74 Å². The summed E-state index contributed by atoms with van der Waals surface area (Å²) >= 11 is 0. The highest BCUT2D eigenvalue weighted by Crippen LogP contribution is 2.44. The summed E-state index contributed by atoms with van der Waals surface area (Å²) in [4.78, 5) is 19.6. The van der Waals surface area contributed by atoms with Crippen molar-refractivity contribution in [3.05, 3.63) is 71.5 Å². The zero-order valence-electron chi connectivity index (χ0n) is 16.7. The fourth-order valence-corrected chi connectivity index (χ4v) is 4.15. The molecule has 2 aliphatic rings. The molecule has 1 aliphatic heterocycles. The minimum absolute atomic E-state index is 0.0310. The molecular weight excluding hydrogens is 364 g/mol. The van der Waals surface area contributed by atoms with Gasteiger partial charge < -0.3 is 4.74 Å². The van der Waals surface area contributed by atoms with Gasteiger partial charge in [-0.25, -0.2) is 4.68 Å². The lowest BCUT2D eigenvalue weighted by Gasteiger charge is -2.39. The van der Waals surface area contributed by atoms with E-state index in [9.17, 15) is 4.79 Å². The Labute approximate surface area is 170 Å². The first-order valence-corrected chi connectivity index (χ1v) is 10.1. The van der Waals surface area contributed by atoms with Crippen LogP contribution in [0.15, 0.2) is 54.9 Å². The van der Waals surface area contributed by atoms with E-state index in [1.165, 1.54) is 11.1 Å². The summed E-state index contributed by atoms with van der Waals surface area (Å²) in [6.07, 6.45) is 4.23. The molecule has 0 N–H and O–H groups in total. The van der Waals surface area contributed by atoms with E-state index in [-0.39, 0.29) is 23.9 Å². The highest BCUT2D eigenvalue weighted by molar-refractivity contribution is 5.96. The van der Waals surface area contributed by atoms with Crippen molar-refractivity contribution in [1.82, 2.24) is 14.8 Å². The summed E-state index contributed by atoms with van der Waals surface area (Å²) in [5, 5.41) is 4.50. The van der Waals surface area contributed by atoms with Crippen molar-refractivity contribution in [3.63, 3.8) is 0 Å². The minimum atomic E-state index is -0.0861. The predicted molar refractivity (Wildman–Crippen MR) is 110 cm³/mol. The Balaban J connectivity index is 1.60. The van der Waals surface area contributed by atoms with Crippen LogP contribution in [0.2, 0.25) is 0 Å². The molecule has 3 aromatic rings. The molecule has 1 fully saturated rings. The first-order valence-electron chi connectivity index (χ1n) is 10.1. The van der Waals surface area contributed by atoms with E-state index in [0.29, 0.717) is 5.95 Å². The topological polar surface area (TPSA) is 60.2 Å². The second kappa shape index (κ2) is 7.03. The fourth-order valence-electron chi connectivity index (χ4n) is 4.15. The van der Waals surface area contributed by atoms with Gasteiger partial charge in [-0.15, -0.1) is 0 Å². The van der Waals surface area contributed by atoms with Gasteiger partial charge in [0, 0.05) is 5.92 Å². The third-order valence-corrected chi connectivity index (χ3v) is 5.95. The molecule has 2 atom stereocenters. The van der Waals surface area contributed by atoms with Crippen molar-refractivity contribution >= 4 is 11.9 Å². The third-order valence-electron chi connectivity index (χ3n) is 5.95. The molecule has 0 bridgehead atoms. The maximum absolute atomic E-state index is 13.2. The van der Waals surface area contributed by atoms with Gasteiger partial charge >= 0.3 is 0 Å². The van der Waals surface area contributed by atoms with Gasteiger partial charge in [-0.2, -0.15) is 10.1 Å². The first-order chi connectivity index (χ1) is 14.2. The molecule has 1 aliphatic carbocycles. The quantitative estimate of drug-likeness (QED) is 0.676. The highest BCUT2D eigenvalue weighted by atomic mass is 16.5. The zero-order valence-corrected chi connectivity index (χ0v) is 16.7. The van der Waals surface area contributed by atoms with Crippen LogP contribution in [0.5, 0.6) is 5.75 Å². The van der Waals surface area contributed by atoms with Crippen LogP contribution in [0, 0.1) is 12.8 Å². The Morgan fingerprint density at radius 2 is 1.66 bits per heavy atom. The summed E-state index contributed by atoms with van der Waals surface area (Å²) in [7, 11) is 1.66. The van der Waals surface area contributed by atoms with Crippen molar-refractivity contribution in [2.45, 2.75) is 38.3 Å². The minimum Gasteiger partial charge on any atom is -0.497 e. The number of aromatic nitrogens is 3. The van der Waals surface area contributed by atoms with E-state index in [0.717, 1.165) is 30.6 Å². The average Bonchev–Trinajstić information content (AvgIpc) is 3.50. The molecule has 0 unspecified atom stereocenters. The maximum Gasteiger partial charge on any atom is 0.233 e. The molecular formula is C23H24N4O2. The van der Waals surface area contributed by atoms with Crippen LogP contribution in [0.1, 0.15) is 48.0 Å². The maximum atomic E-state index is 13.2. The molecule has 6 nitrogen and oxygen atoms in total. The number of ether oxygens (including phenoxy) is 1. The molecule has 148 valence electrons. The van der Waals surface area contributed by atoms with Gasteiger partial charge in [-0.3, -0.25) is 9.69 Å². The van der Waals surface area contributed by atoms with Crippen LogP contribution >= 0.6 is 0 Å². The van der Waals surface area contributed by atoms with Crippen molar-refractivity contribution in [2.24, 2.45) is 5.92 Å². The summed E-state index contributed by atoms with van der Waals surface area (Å²) < 4.78 is 7.23. The highest BCUT2D eigenvalue weighted by Gasteiger charge is 2.44. The normalized spacial score (nSPS) is 21.0. The molecule has 0 spiro atoms. The number of aryl methyl sites for hydroxylation is 1. The molecule has 1 saturated carbocycles. The summed E-state index contributed by atoms with van der Waals surface area (Å²) in [6, 6.07) is 16.5. The number of hydrogen-bond donors (Lipinski definition) is 0. The lowest BCUT2D eigenvalue weighted by molar-refractivity contribution is -0.120.